The lowest BCUT2D eigenvalue weighted by Gasteiger charge is -1.98. The van der Waals surface area contributed by atoms with Gasteiger partial charge in [0.05, 0.1) is 6.61 Å². The minimum absolute atomic E-state index is 0.00985. The van der Waals surface area contributed by atoms with Gasteiger partial charge in [-0.3, -0.25) is 14.6 Å². The Kier molecular flexibility index (Phi) is 4.04. The highest BCUT2D eigenvalue weighted by Gasteiger charge is 2.16. The molecule has 10 nitrogen and oxygen atoms in total. The first-order chi connectivity index (χ1) is 10.5. The third-order valence-electron chi connectivity index (χ3n) is 2.80. The number of hydrogen-bond donors (Lipinski definition) is 1. The maximum Gasteiger partial charge on any atom is 0.298 e. The molecule has 0 radical (unpaired) electrons. The normalized spacial score (nSPS) is 10.6. The number of imidazole rings is 1. The van der Waals surface area contributed by atoms with Crippen molar-refractivity contribution >= 4 is 11.6 Å². The van der Waals surface area contributed by atoms with Gasteiger partial charge in [0.1, 0.15) is 12.1 Å². The van der Waals surface area contributed by atoms with Gasteiger partial charge in [-0.15, -0.1) is 10.2 Å². The van der Waals surface area contributed by atoms with E-state index < -0.39 is 5.56 Å². The zero-order chi connectivity index (χ0) is 16.3. The molecule has 2 aromatic heterocycles. The number of aryl methyl sites for hydroxylation is 1. The summed E-state index contributed by atoms with van der Waals surface area (Å²) < 4.78 is 7.79. The smallest absolute Gasteiger partial charge is 0.298 e. The summed E-state index contributed by atoms with van der Waals surface area (Å²) in [5.74, 6) is 0.229. The quantitative estimate of drug-likeness (QED) is 0.839. The second-order valence-corrected chi connectivity index (χ2v) is 4.18. The number of nitriles is 2. The van der Waals surface area contributed by atoms with Crippen molar-refractivity contribution in [3.8, 4) is 18.0 Å². The maximum atomic E-state index is 11.9. The number of H-pyrrole nitrogens is 1. The van der Waals surface area contributed by atoms with Crippen molar-refractivity contribution in [2.75, 3.05) is 6.61 Å². The van der Waals surface area contributed by atoms with E-state index in [0.717, 1.165) is 0 Å². The number of nitrogens with zero attached hydrogens (tertiary/aromatic N) is 7. The number of nitrogens with one attached hydrogen (secondary N) is 1. The van der Waals surface area contributed by atoms with Crippen LogP contribution < -0.4 is 10.3 Å². The van der Waals surface area contributed by atoms with E-state index in [1.54, 1.807) is 13.0 Å². The van der Waals surface area contributed by atoms with E-state index in [2.05, 4.69) is 20.3 Å². The van der Waals surface area contributed by atoms with Gasteiger partial charge < -0.3 is 9.30 Å². The fourth-order valence-electron chi connectivity index (χ4n) is 1.72. The minimum atomic E-state index is -0.414. The Morgan fingerprint density at radius 2 is 2.05 bits per heavy atom. The fourth-order valence-corrected chi connectivity index (χ4v) is 1.72. The van der Waals surface area contributed by atoms with Crippen molar-refractivity contribution in [3.63, 3.8) is 0 Å². The molecule has 1 N–H and O–H groups in total. The first-order valence-electron chi connectivity index (χ1n) is 6.23. The molecule has 112 valence electrons. The van der Waals surface area contributed by atoms with Gasteiger partial charge in [0.25, 0.3) is 11.5 Å². The third kappa shape index (κ3) is 2.45. The largest absolute Gasteiger partial charge is 0.477 e. The molecule has 2 rings (SSSR count). The Labute approximate surface area is 124 Å². The SMILES string of the molecule is CCOc1[nH]n(C)c(=O)c1/N=N/c1nc(C#N)c(C#N)n1C. The number of hydrogen-bond acceptors (Lipinski definition) is 7. The molecule has 0 atom stereocenters. The van der Waals surface area contributed by atoms with Crippen LogP contribution in [0.2, 0.25) is 0 Å². The molecule has 0 spiro atoms. The summed E-state index contributed by atoms with van der Waals surface area (Å²) in [6, 6.07) is 3.66. The van der Waals surface area contributed by atoms with Gasteiger partial charge in [-0.1, -0.05) is 0 Å². The van der Waals surface area contributed by atoms with E-state index >= 15 is 0 Å². The number of aromatic nitrogens is 4. The van der Waals surface area contributed by atoms with Crippen LogP contribution in [-0.2, 0) is 14.1 Å². The zero-order valence-corrected chi connectivity index (χ0v) is 12.2. The van der Waals surface area contributed by atoms with E-state index in [0.29, 0.717) is 6.61 Å². The lowest BCUT2D eigenvalue weighted by atomic mass is 10.4. The van der Waals surface area contributed by atoms with E-state index in [1.807, 2.05) is 6.07 Å². The second kappa shape index (κ2) is 5.93. The van der Waals surface area contributed by atoms with Gasteiger partial charge in [-0.05, 0) is 6.92 Å². The highest BCUT2D eigenvalue weighted by Crippen LogP contribution is 2.24. The Morgan fingerprint density at radius 1 is 1.32 bits per heavy atom. The topological polar surface area (TPSA) is 137 Å². The van der Waals surface area contributed by atoms with E-state index in [1.165, 1.54) is 23.3 Å². The van der Waals surface area contributed by atoms with Crippen molar-refractivity contribution in [1.82, 2.24) is 19.3 Å². The summed E-state index contributed by atoms with van der Waals surface area (Å²) in [7, 11) is 3.05. The standard InChI is InChI=1S/C12H12N8O2/c1-4-22-10-9(11(21)20(3)18-10)16-17-12-15-7(5-13)8(6-14)19(12)2/h18H,4H2,1-3H3/b17-16+. The van der Waals surface area contributed by atoms with Crippen LogP contribution in [0.4, 0.5) is 11.6 Å². The molecule has 0 amide bonds. The van der Waals surface area contributed by atoms with Gasteiger partial charge in [0, 0.05) is 14.1 Å². The molecule has 2 aromatic rings. The highest BCUT2D eigenvalue weighted by atomic mass is 16.5. The summed E-state index contributed by atoms with van der Waals surface area (Å²) in [6.07, 6.45) is 0. The van der Waals surface area contributed by atoms with Crippen LogP contribution in [0, 0.1) is 22.7 Å². The number of azo groups is 1. The van der Waals surface area contributed by atoms with Gasteiger partial charge in [-0.2, -0.15) is 15.5 Å². The van der Waals surface area contributed by atoms with Crippen LogP contribution >= 0.6 is 0 Å². The molecule has 0 fully saturated rings. The molecule has 0 aromatic carbocycles. The van der Waals surface area contributed by atoms with Gasteiger partial charge in [0.2, 0.25) is 11.6 Å². The molecular weight excluding hydrogens is 288 g/mol. The predicted molar refractivity (Wildman–Crippen MR) is 74.0 cm³/mol. The van der Waals surface area contributed by atoms with Crippen LogP contribution in [0.25, 0.3) is 0 Å². The third-order valence-corrected chi connectivity index (χ3v) is 2.80. The van der Waals surface area contributed by atoms with Gasteiger partial charge in [0.15, 0.2) is 11.4 Å². The molecule has 0 aliphatic rings. The van der Waals surface area contributed by atoms with Crippen LogP contribution in [0.5, 0.6) is 5.88 Å². The lowest BCUT2D eigenvalue weighted by molar-refractivity contribution is 0.324. The Bertz CT molecular complexity index is 871. The summed E-state index contributed by atoms with van der Waals surface area (Å²) in [5.41, 5.74) is -0.402. The Hall–Kier alpha value is -3.40. The molecule has 10 heteroatoms. The number of aromatic amines is 1. The zero-order valence-electron chi connectivity index (χ0n) is 12.2. The molecule has 0 saturated carbocycles. The molecule has 0 bridgehead atoms. The van der Waals surface area contributed by atoms with E-state index in [-0.39, 0.29) is 28.9 Å². The molecule has 0 saturated heterocycles. The van der Waals surface area contributed by atoms with Gasteiger partial charge in [-0.25, -0.2) is 0 Å². The van der Waals surface area contributed by atoms with Crippen LogP contribution in [0.1, 0.15) is 18.3 Å². The summed E-state index contributed by atoms with van der Waals surface area (Å²) in [5, 5.41) is 28.2. The lowest BCUT2D eigenvalue weighted by Crippen LogP contribution is -2.10. The van der Waals surface area contributed by atoms with Crippen molar-refractivity contribution in [3.05, 3.63) is 21.7 Å². The van der Waals surface area contributed by atoms with Gasteiger partial charge >= 0.3 is 0 Å². The first kappa shape index (κ1) is 15.0. The molecule has 0 aliphatic heterocycles. The van der Waals surface area contributed by atoms with Crippen LogP contribution in [0.3, 0.4) is 0 Å². The van der Waals surface area contributed by atoms with Crippen molar-refractivity contribution < 1.29 is 4.74 Å². The molecule has 2 heterocycles. The van der Waals surface area contributed by atoms with Crippen molar-refractivity contribution in [2.45, 2.75) is 6.92 Å². The summed E-state index contributed by atoms with van der Waals surface area (Å²) >= 11 is 0. The predicted octanol–water partition coefficient (Wildman–Crippen LogP) is 1.00. The van der Waals surface area contributed by atoms with Crippen molar-refractivity contribution in [1.29, 1.82) is 10.5 Å². The van der Waals surface area contributed by atoms with Crippen molar-refractivity contribution in [2.24, 2.45) is 24.3 Å². The maximum absolute atomic E-state index is 11.9. The number of rotatable bonds is 4. The van der Waals surface area contributed by atoms with E-state index in [9.17, 15) is 4.79 Å². The Morgan fingerprint density at radius 3 is 2.59 bits per heavy atom. The summed E-state index contributed by atoms with van der Waals surface area (Å²) in [4.78, 5) is 15.8. The molecule has 0 unspecified atom stereocenters. The monoisotopic (exact) mass is 300 g/mol. The molecule has 0 aliphatic carbocycles. The fraction of sp³-hybridized carbons (Fsp3) is 0.333. The number of ether oxygens (including phenoxy) is 1. The highest BCUT2D eigenvalue weighted by molar-refractivity contribution is 5.46. The minimum Gasteiger partial charge on any atom is -0.477 e. The van der Waals surface area contributed by atoms with Crippen LogP contribution in [-0.4, -0.2) is 25.9 Å². The van der Waals surface area contributed by atoms with Crippen LogP contribution in [0.15, 0.2) is 15.0 Å². The summed E-state index contributed by atoms with van der Waals surface area (Å²) in [6.45, 7) is 2.12. The van der Waals surface area contributed by atoms with E-state index in [4.69, 9.17) is 15.3 Å². The molecular formula is C12H12N8O2. The first-order valence-corrected chi connectivity index (χ1v) is 6.23. The average Bonchev–Trinajstić information content (AvgIpc) is 2.95. The second-order valence-electron chi connectivity index (χ2n) is 4.18. The Balaban J connectivity index is 2.47. The average molecular weight is 300 g/mol. The molecule has 22 heavy (non-hydrogen) atoms.